The number of carbonyl (C=O) groups is 3. The average molecular weight is 448 g/mol. The molecule has 0 aliphatic carbocycles. The molecule has 0 unspecified atom stereocenters. The molecule has 3 N–H and O–H groups in total. The van der Waals surface area contributed by atoms with E-state index in [2.05, 4.69) is 32.1 Å². The Morgan fingerprint density at radius 2 is 1.71 bits per heavy atom. The van der Waals surface area contributed by atoms with Crippen molar-refractivity contribution >= 4 is 33.7 Å². The van der Waals surface area contributed by atoms with E-state index in [0.29, 0.717) is 11.3 Å². The van der Waals surface area contributed by atoms with Crippen LogP contribution in [0.2, 0.25) is 0 Å². The van der Waals surface area contributed by atoms with Crippen LogP contribution in [0.5, 0.6) is 5.75 Å². The van der Waals surface area contributed by atoms with Crippen LogP contribution in [-0.4, -0.2) is 30.4 Å². The lowest BCUT2D eigenvalue weighted by Gasteiger charge is -2.22. The third-order valence-corrected chi connectivity index (χ3v) is 4.26. The normalized spacial score (nSPS) is 11.4. The molecule has 1 atom stereocenters. The molecule has 2 rings (SSSR count). The molecular formula is C20H22BrN3O4. The van der Waals surface area contributed by atoms with E-state index in [9.17, 15) is 14.4 Å². The highest BCUT2D eigenvalue weighted by Crippen LogP contribution is 2.17. The number of amides is 3. The summed E-state index contributed by atoms with van der Waals surface area (Å²) in [7, 11) is 0. The molecule has 7 nitrogen and oxygen atoms in total. The van der Waals surface area contributed by atoms with Gasteiger partial charge in [0.2, 0.25) is 0 Å². The topological polar surface area (TPSA) is 96.5 Å². The molecule has 2 aromatic rings. The van der Waals surface area contributed by atoms with Crippen LogP contribution < -0.4 is 20.9 Å². The van der Waals surface area contributed by atoms with E-state index >= 15 is 0 Å². The van der Waals surface area contributed by atoms with Gasteiger partial charge in [-0.25, -0.2) is 0 Å². The second-order valence-corrected chi connectivity index (χ2v) is 7.26. The highest BCUT2D eigenvalue weighted by molar-refractivity contribution is 9.10. The maximum Gasteiger partial charge on any atom is 0.276 e. The van der Waals surface area contributed by atoms with E-state index < -0.39 is 17.9 Å². The summed E-state index contributed by atoms with van der Waals surface area (Å²) in [6.07, 6.45) is 0. The molecule has 0 aliphatic heterocycles. The van der Waals surface area contributed by atoms with Gasteiger partial charge >= 0.3 is 0 Å². The number of hydrazine groups is 1. The van der Waals surface area contributed by atoms with Crippen LogP contribution in [0.3, 0.4) is 0 Å². The molecule has 0 fully saturated rings. The van der Waals surface area contributed by atoms with Crippen molar-refractivity contribution in [3.63, 3.8) is 0 Å². The molecule has 0 aliphatic rings. The molecule has 0 heterocycles. The number of carbonyl (C=O) groups excluding carboxylic acids is 3. The molecular weight excluding hydrogens is 426 g/mol. The molecule has 0 saturated carbocycles. The summed E-state index contributed by atoms with van der Waals surface area (Å²) in [6, 6.07) is 14.8. The van der Waals surface area contributed by atoms with Gasteiger partial charge < -0.3 is 10.1 Å². The minimum absolute atomic E-state index is 0.178. The van der Waals surface area contributed by atoms with Crippen LogP contribution in [0.15, 0.2) is 59.1 Å². The van der Waals surface area contributed by atoms with Crippen molar-refractivity contribution < 1.29 is 19.1 Å². The molecule has 0 bridgehead atoms. The average Bonchev–Trinajstić information content (AvgIpc) is 2.69. The number of nitrogens with one attached hydrogen (secondary N) is 3. The summed E-state index contributed by atoms with van der Waals surface area (Å²) < 4.78 is 6.17. The predicted molar refractivity (Wildman–Crippen MR) is 108 cm³/mol. The van der Waals surface area contributed by atoms with Gasteiger partial charge in [0.1, 0.15) is 11.8 Å². The minimum atomic E-state index is -0.806. The van der Waals surface area contributed by atoms with Crippen LogP contribution in [0.4, 0.5) is 0 Å². The van der Waals surface area contributed by atoms with Gasteiger partial charge in [-0.2, -0.15) is 0 Å². The fourth-order valence-electron chi connectivity index (χ4n) is 2.30. The Morgan fingerprint density at radius 3 is 2.36 bits per heavy atom. The second kappa shape index (κ2) is 10.5. The van der Waals surface area contributed by atoms with Crippen molar-refractivity contribution in [2.75, 3.05) is 6.61 Å². The summed E-state index contributed by atoms with van der Waals surface area (Å²) in [6.45, 7) is 3.33. The molecule has 2 aromatic carbocycles. The molecule has 0 radical (unpaired) electrons. The van der Waals surface area contributed by atoms with Gasteiger partial charge in [-0.15, -0.1) is 0 Å². The van der Waals surface area contributed by atoms with E-state index in [-0.39, 0.29) is 18.4 Å². The zero-order valence-electron chi connectivity index (χ0n) is 15.6. The maximum absolute atomic E-state index is 12.4. The Morgan fingerprint density at radius 1 is 1.00 bits per heavy atom. The van der Waals surface area contributed by atoms with Crippen molar-refractivity contribution in [3.8, 4) is 5.75 Å². The summed E-state index contributed by atoms with van der Waals surface area (Å²) in [5, 5.41) is 2.68. The van der Waals surface area contributed by atoms with E-state index in [0.717, 1.165) is 4.47 Å². The molecule has 28 heavy (non-hydrogen) atoms. The largest absolute Gasteiger partial charge is 0.484 e. The number of benzene rings is 2. The third kappa shape index (κ3) is 6.70. The molecule has 0 aromatic heterocycles. The van der Waals surface area contributed by atoms with Gasteiger partial charge in [0.25, 0.3) is 17.7 Å². The predicted octanol–water partition coefficient (Wildman–Crippen LogP) is 2.43. The molecule has 8 heteroatoms. The number of ether oxygens (including phenoxy) is 1. The van der Waals surface area contributed by atoms with Gasteiger partial charge in [0, 0.05) is 10.0 Å². The number of hydrogen-bond donors (Lipinski definition) is 3. The molecule has 0 spiro atoms. The summed E-state index contributed by atoms with van der Waals surface area (Å²) in [4.78, 5) is 36.6. The van der Waals surface area contributed by atoms with Gasteiger partial charge in [-0.1, -0.05) is 54.0 Å². The lowest BCUT2D eigenvalue weighted by Crippen LogP contribution is -2.54. The Bertz CT molecular complexity index is 827. The fourth-order valence-corrected chi connectivity index (χ4v) is 2.68. The van der Waals surface area contributed by atoms with Gasteiger partial charge in [0.05, 0.1) is 0 Å². The molecule has 3 amide bonds. The van der Waals surface area contributed by atoms with Gasteiger partial charge in [-0.05, 0) is 36.2 Å². The van der Waals surface area contributed by atoms with Crippen molar-refractivity contribution in [1.82, 2.24) is 16.2 Å². The molecule has 0 saturated heterocycles. The second-order valence-electron chi connectivity index (χ2n) is 6.34. The summed E-state index contributed by atoms with van der Waals surface area (Å²) >= 11 is 3.31. The quantitative estimate of drug-likeness (QED) is 0.567. The van der Waals surface area contributed by atoms with Crippen molar-refractivity contribution in [2.45, 2.75) is 19.9 Å². The first-order valence-electron chi connectivity index (χ1n) is 8.70. The van der Waals surface area contributed by atoms with Crippen LogP contribution in [0.1, 0.15) is 24.2 Å². The highest BCUT2D eigenvalue weighted by atomic mass is 79.9. The van der Waals surface area contributed by atoms with Crippen molar-refractivity contribution in [3.05, 3.63) is 64.6 Å². The van der Waals surface area contributed by atoms with Crippen LogP contribution >= 0.6 is 15.9 Å². The third-order valence-electron chi connectivity index (χ3n) is 3.76. The van der Waals surface area contributed by atoms with E-state index in [4.69, 9.17) is 4.74 Å². The SMILES string of the molecule is CC(C)[C@H](NC(=O)c1ccccc1)C(=O)NNC(=O)COc1cccc(Br)c1. The monoisotopic (exact) mass is 447 g/mol. The van der Waals surface area contributed by atoms with Crippen LogP contribution in [-0.2, 0) is 9.59 Å². The van der Waals surface area contributed by atoms with Crippen LogP contribution in [0, 0.1) is 5.92 Å². The first-order chi connectivity index (χ1) is 13.4. The minimum Gasteiger partial charge on any atom is -0.484 e. The smallest absolute Gasteiger partial charge is 0.276 e. The summed E-state index contributed by atoms with van der Waals surface area (Å²) in [5.74, 6) is -1.06. The zero-order chi connectivity index (χ0) is 20.5. The Labute approximate surface area is 171 Å². The van der Waals surface area contributed by atoms with E-state index in [1.54, 1.807) is 62.4 Å². The van der Waals surface area contributed by atoms with E-state index in [1.165, 1.54) is 0 Å². The van der Waals surface area contributed by atoms with Gasteiger partial charge in [-0.3, -0.25) is 25.2 Å². The summed E-state index contributed by atoms with van der Waals surface area (Å²) in [5.41, 5.74) is 5.07. The van der Waals surface area contributed by atoms with Crippen molar-refractivity contribution in [1.29, 1.82) is 0 Å². The zero-order valence-corrected chi connectivity index (χ0v) is 17.2. The lowest BCUT2D eigenvalue weighted by atomic mass is 10.0. The fraction of sp³-hybridized carbons (Fsp3) is 0.250. The first kappa shape index (κ1) is 21.4. The van der Waals surface area contributed by atoms with Crippen LogP contribution in [0.25, 0.3) is 0 Å². The lowest BCUT2D eigenvalue weighted by molar-refractivity contribution is -0.131. The van der Waals surface area contributed by atoms with Gasteiger partial charge in [0.15, 0.2) is 6.61 Å². The Hall–Kier alpha value is -2.87. The maximum atomic E-state index is 12.4. The Kier molecular flexibility index (Phi) is 8.01. The van der Waals surface area contributed by atoms with E-state index in [1.807, 2.05) is 6.07 Å². The standard InChI is InChI=1S/C20H22BrN3O4/c1-13(2)18(22-19(26)14-7-4-3-5-8-14)20(27)24-23-17(25)12-28-16-10-6-9-15(21)11-16/h3-11,13,18H,12H2,1-2H3,(H,22,26)(H,23,25)(H,24,27)/t18-/m0/s1. The Balaban J connectivity index is 1.84. The first-order valence-corrected chi connectivity index (χ1v) is 9.49. The molecule has 148 valence electrons. The highest BCUT2D eigenvalue weighted by Gasteiger charge is 2.25. The van der Waals surface area contributed by atoms with Crippen molar-refractivity contribution in [2.24, 2.45) is 5.92 Å². The number of hydrogen-bond acceptors (Lipinski definition) is 4. The number of rotatable bonds is 7. The number of halogens is 1.